The fourth-order valence-electron chi connectivity index (χ4n) is 3.38. The Morgan fingerprint density at radius 1 is 0.862 bits per heavy atom. The summed E-state index contributed by atoms with van der Waals surface area (Å²) in [5.41, 5.74) is 2.90. The molecule has 0 saturated heterocycles. The molecule has 1 aromatic heterocycles. The molecule has 0 saturated carbocycles. The molecule has 2 heterocycles. The monoisotopic (exact) mass is 384 g/mol. The zero-order chi connectivity index (χ0) is 19.6. The standard InChI is InChI=1S/C23H20N4O2/c1-15(16-7-3-2-4-8-16)24-22-18-9-5-6-10-19(18)26-23(27-22)25-17-11-12-20-21(13-17)29-14-28-20/h2-13,15H,14H2,1H3,(H2,24,25,26,27). The average molecular weight is 384 g/mol. The smallest absolute Gasteiger partial charge is 0.231 e. The maximum absolute atomic E-state index is 5.46. The Bertz CT molecular complexity index is 1160. The molecule has 6 heteroatoms. The van der Waals surface area contributed by atoms with E-state index in [4.69, 9.17) is 14.5 Å². The third-order valence-electron chi connectivity index (χ3n) is 4.88. The maximum Gasteiger partial charge on any atom is 0.231 e. The molecular formula is C23H20N4O2. The predicted octanol–water partition coefficient (Wildman–Crippen LogP) is 5.28. The van der Waals surface area contributed by atoms with E-state index in [2.05, 4.69) is 34.7 Å². The molecule has 0 radical (unpaired) electrons. The Balaban J connectivity index is 1.48. The number of rotatable bonds is 5. The van der Waals surface area contributed by atoms with Crippen LogP contribution in [0.5, 0.6) is 11.5 Å². The van der Waals surface area contributed by atoms with Crippen LogP contribution in [0.15, 0.2) is 72.8 Å². The Morgan fingerprint density at radius 2 is 1.66 bits per heavy atom. The molecule has 2 N–H and O–H groups in total. The summed E-state index contributed by atoms with van der Waals surface area (Å²) in [5, 5.41) is 7.79. The van der Waals surface area contributed by atoms with E-state index >= 15 is 0 Å². The van der Waals surface area contributed by atoms with Gasteiger partial charge in [0.25, 0.3) is 0 Å². The summed E-state index contributed by atoms with van der Waals surface area (Å²) < 4.78 is 10.8. The SMILES string of the molecule is CC(Nc1nc(Nc2ccc3c(c2)OCO3)nc2ccccc12)c1ccccc1. The van der Waals surface area contributed by atoms with E-state index in [0.29, 0.717) is 11.7 Å². The number of aromatic nitrogens is 2. The van der Waals surface area contributed by atoms with Gasteiger partial charge >= 0.3 is 0 Å². The molecule has 0 fully saturated rings. The maximum atomic E-state index is 5.46. The van der Waals surface area contributed by atoms with Crippen LogP contribution in [0, 0.1) is 0 Å². The van der Waals surface area contributed by atoms with Crippen molar-refractivity contribution in [1.82, 2.24) is 9.97 Å². The second-order valence-electron chi connectivity index (χ2n) is 6.88. The molecule has 1 aliphatic heterocycles. The first-order chi connectivity index (χ1) is 14.3. The Kier molecular flexibility index (Phi) is 4.37. The van der Waals surface area contributed by atoms with Crippen molar-refractivity contribution in [1.29, 1.82) is 0 Å². The Hall–Kier alpha value is -3.80. The van der Waals surface area contributed by atoms with E-state index in [1.165, 1.54) is 5.56 Å². The highest BCUT2D eigenvalue weighted by atomic mass is 16.7. The van der Waals surface area contributed by atoms with Crippen LogP contribution in [0.4, 0.5) is 17.5 Å². The van der Waals surface area contributed by atoms with Crippen molar-refractivity contribution in [2.75, 3.05) is 17.4 Å². The summed E-state index contributed by atoms with van der Waals surface area (Å²) >= 11 is 0. The third-order valence-corrected chi connectivity index (χ3v) is 4.88. The van der Waals surface area contributed by atoms with Crippen molar-refractivity contribution in [3.05, 3.63) is 78.4 Å². The van der Waals surface area contributed by atoms with Crippen molar-refractivity contribution < 1.29 is 9.47 Å². The average Bonchev–Trinajstić information content (AvgIpc) is 3.22. The molecule has 5 rings (SSSR count). The topological polar surface area (TPSA) is 68.3 Å². The van der Waals surface area contributed by atoms with E-state index in [0.717, 1.165) is 28.2 Å². The quantitative estimate of drug-likeness (QED) is 0.488. The fraction of sp³-hybridized carbons (Fsp3) is 0.130. The molecule has 0 amide bonds. The summed E-state index contributed by atoms with van der Waals surface area (Å²) in [5.74, 6) is 2.77. The lowest BCUT2D eigenvalue weighted by Crippen LogP contribution is -2.10. The molecule has 4 aromatic rings. The van der Waals surface area contributed by atoms with Gasteiger partial charge < -0.3 is 20.1 Å². The van der Waals surface area contributed by atoms with Gasteiger partial charge in [0, 0.05) is 23.2 Å². The van der Waals surface area contributed by atoms with Crippen molar-refractivity contribution in [3.63, 3.8) is 0 Å². The summed E-state index contributed by atoms with van der Waals surface area (Å²) in [4.78, 5) is 9.42. The largest absolute Gasteiger partial charge is 0.454 e. The van der Waals surface area contributed by atoms with Gasteiger partial charge in [-0.1, -0.05) is 42.5 Å². The minimum Gasteiger partial charge on any atom is -0.454 e. The number of hydrogen-bond acceptors (Lipinski definition) is 6. The third kappa shape index (κ3) is 3.52. The van der Waals surface area contributed by atoms with Gasteiger partial charge in [-0.25, -0.2) is 4.98 Å². The van der Waals surface area contributed by atoms with Gasteiger partial charge in [-0.15, -0.1) is 0 Å². The summed E-state index contributed by atoms with van der Waals surface area (Å²) in [6.07, 6.45) is 0. The molecule has 0 spiro atoms. The summed E-state index contributed by atoms with van der Waals surface area (Å²) in [6, 6.07) is 24.1. The lowest BCUT2D eigenvalue weighted by Gasteiger charge is -2.17. The molecule has 29 heavy (non-hydrogen) atoms. The van der Waals surface area contributed by atoms with E-state index in [9.17, 15) is 0 Å². The minimum absolute atomic E-state index is 0.105. The van der Waals surface area contributed by atoms with E-state index in [1.807, 2.05) is 60.7 Å². The fourth-order valence-corrected chi connectivity index (χ4v) is 3.38. The molecule has 0 aliphatic carbocycles. The molecule has 1 aliphatic rings. The second kappa shape index (κ2) is 7.31. The molecule has 3 aromatic carbocycles. The van der Waals surface area contributed by atoms with E-state index in [1.54, 1.807) is 0 Å². The van der Waals surface area contributed by atoms with Crippen molar-refractivity contribution in [2.24, 2.45) is 0 Å². The molecule has 6 nitrogen and oxygen atoms in total. The number of nitrogens with zero attached hydrogens (tertiary/aromatic N) is 2. The van der Waals surface area contributed by atoms with Gasteiger partial charge in [-0.2, -0.15) is 4.98 Å². The van der Waals surface area contributed by atoms with Crippen LogP contribution in [0.2, 0.25) is 0 Å². The van der Waals surface area contributed by atoms with Crippen molar-refractivity contribution >= 4 is 28.4 Å². The summed E-state index contributed by atoms with van der Waals surface area (Å²) in [6.45, 7) is 2.37. The zero-order valence-electron chi connectivity index (χ0n) is 15.9. The van der Waals surface area contributed by atoms with Crippen LogP contribution in [-0.2, 0) is 0 Å². The highest BCUT2D eigenvalue weighted by Gasteiger charge is 2.15. The number of benzene rings is 3. The van der Waals surface area contributed by atoms with Crippen LogP contribution in [0.3, 0.4) is 0 Å². The molecule has 1 atom stereocenters. The van der Waals surface area contributed by atoms with Crippen molar-refractivity contribution in [2.45, 2.75) is 13.0 Å². The van der Waals surface area contributed by atoms with Gasteiger partial charge in [0.05, 0.1) is 5.52 Å². The number of ether oxygens (including phenoxy) is 2. The van der Waals surface area contributed by atoms with Crippen LogP contribution in [0.25, 0.3) is 10.9 Å². The van der Waals surface area contributed by atoms with Crippen LogP contribution in [0.1, 0.15) is 18.5 Å². The number of fused-ring (bicyclic) bond motifs is 2. The molecule has 144 valence electrons. The Labute approximate surface area is 168 Å². The first-order valence-electron chi connectivity index (χ1n) is 9.51. The van der Waals surface area contributed by atoms with E-state index < -0.39 is 0 Å². The number of nitrogens with one attached hydrogen (secondary N) is 2. The van der Waals surface area contributed by atoms with E-state index in [-0.39, 0.29) is 12.8 Å². The highest BCUT2D eigenvalue weighted by molar-refractivity contribution is 5.90. The van der Waals surface area contributed by atoms with Crippen LogP contribution in [-0.4, -0.2) is 16.8 Å². The van der Waals surface area contributed by atoms with Gasteiger partial charge in [0.1, 0.15) is 5.82 Å². The minimum atomic E-state index is 0.105. The first-order valence-corrected chi connectivity index (χ1v) is 9.51. The van der Waals surface area contributed by atoms with Gasteiger partial charge in [0.2, 0.25) is 12.7 Å². The first kappa shape index (κ1) is 17.3. The molecule has 1 unspecified atom stereocenters. The molecular weight excluding hydrogens is 364 g/mol. The van der Waals surface area contributed by atoms with Gasteiger partial charge in [-0.05, 0) is 36.8 Å². The zero-order valence-corrected chi connectivity index (χ0v) is 15.9. The van der Waals surface area contributed by atoms with Crippen LogP contribution >= 0.6 is 0 Å². The normalized spacial score (nSPS) is 13.3. The lowest BCUT2D eigenvalue weighted by atomic mass is 10.1. The Morgan fingerprint density at radius 3 is 2.55 bits per heavy atom. The lowest BCUT2D eigenvalue weighted by molar-refractivity contribution is 0.174. The van der Waals surface area contributed by atoms with Crippen LogP contribution < -0.4 is 20.1 Å². The highest BCUT2D eigenvalue weighted by Crippen LogP contribution is 2.35. The summed E-state index contributed by atoms with van der Waals surface area (Å²) in [7, 11) is 0. The second-order valence-corrected chi connectivity index (χ2v) is 6.88. The number of anilines is 3. The number of hydrogen-bond donors (Lipinski definition) is 2. The molecule has 0 bridgehead atoms. The van der Waals surface area contributed by atoms with Gasteiger partial charge in [-0.3, -0.25) is 0 Å². The number of para-hydroxylation sites is 1. The predicted molar refractivity (Wildman–Crippen MR) is 114 cm³/mol. The van der Waals surface area contributed by atoms with Crippen molar-refractivity contribution in [3.8, 4) is 11.5 Å². The van der Waals surface area contributed by atoms with Gasteiger partial charge in [0.15, 0.2) is 11.5 Å².